The number of methoxy groups -OCH3 is 1. The van der Waals surface area contributed by atoms with Gasteiger partial charge in [-0.05, 0) is 97.3 Å². The van der Waals surface area contributed by atoms with Gasteiger partial charge in [-0.15, -0.1) is 0 Å². The molecule has 1 aromatic carbocycles. The molecule has 386 valence electrons. The van der Waals surface area contributed by atoms with E-state index in [1.807, 2.05) is 61.4 Å². The van der Waals surface area contributed by atoms with E-state index >= 15 is 0 Å². The van der Waals surface area contributed by atoms with E-state index in [9.17, 15) is 34.5 Å². The Kier molecular flexibility index (Phi) is 21.1. The smallest absolute Gasteiger partial charge is 0.305 e. The first-order valence-electron chi connectivity index (χ1n) is 24.5. The summed E-state index contributed by atoms with van der Waals surface area (Å²) in [7, 11) is 6.84. The van der Waals surface area contributed by atoms with E-state index in [-0.39, 0.29) is 50.5 Å². The monoisotopic (exact) mass is 971 g/mol. The van der Waals surface area contributed by atoms with Gasteiger partial charge in [0.2, 0.25) is 5.91 Å². The van der Waals surface area contributed by atoms with Gasteiger partial charge in [-0.25, -0.2) is 0 Å². The van der Waals surface area contributed by atoms with Crippen LogP contribution in [0, 0.1) is 11.8 Å². The first-order chi connectivity index (χ1) is 32.8. The molecular weight excluding hydrogens is 893 g/mol. The van der Waals surface area contributed by atoms with Gasteiger partial charge in [0.1, 0.15) is 36.3 Å². The maximum Gasteiger partial charge on any atom is 0.305 e. The third-order valence-corrected chi connectivity index (χ3v) is 13.7. The van der Waals surface area contributed by atoms with Crippen molar-refractivity contribution in [2.45, 2.75) is 178 Å². The molecule has 1 aromatic heterocycles. The van der Waals surface area contributed by atoms with Crippen LogP contribution in [0.2, 0.25) is 0 Å². The van der Waals surface area contributed by atoms with Crippen molar-refractivity contribution in [1.82, 2.24) is 20.1 Å². The molecule has 3 aliphatic heterocycles. The number of hydrogen-bond acceptors (Lipinski definition) is 17. The zero-order valence-corrected chi connectivity index (χ0v) is 42.1. The third kappa shape index (κ3) is 15.3. The van der Waals surface area contributed by atoms with Crippen LogP contribution in [-0.2, 0) is 52.3 Å². The Bertz CT molecular complexity index is 2000. The summed E-state index contributed by atoms with van der Waals surface area (Å²) in [5.41, 5.74) is 0.298. The van der Waals surface area contributed by atoms with E-state index in [0.29, 0.717) is 25.9 Å². The van der Waals surface area contributed by atoms with E-state index < -0.39 is 103 Å². The zero-order valence-electron chi connectivity index (χ0n) is 42.1. The second-order valence-electron chi connectivity index (χ2n) is 19.6. The quantitative estimate of drug-likeness (QED) is 0.147. The lowest BCUT2D eigenvalue weighted by Crippen LogP contribution is -2.66. The second-order valence-corrected chi connectivity index (χ2v) is 19.6. The minimum absolute atomic E-state index is 0.00177. The van der Waals surface area contributed by atoms with E-state index in [1.54, 1.807) is 59.8 Å². The number of carbonyl (C=O) groups is 4. The molecule has 0 saturated carbocycles. The Labute approximate surface area is 407 Å². The van der Waals surface area contributed by atoms with Crippen LogP contribution in [0.1, 0.15) is 98.5 Å². The van der Waals surface area contributed by atoms with Gasteiger partial charge in [-0.1, -0.05) is 51.1 Å². The number of benzene rings is 1. The van der Waals surface area contributed by atoms with Crippen LogP contribution >= 0.6 is 0 Å². The number of aldehydes is 1. The lowest BCUT2D eigenvalue weighted by Gasteiger charge is -2.50. The molecule has 2 aromatic rings. The van der Waals surface area contributed by atoms with Gasteiger partial charge in [-0.3, -0.25) is 19.4 Å². The number of likely N-dealkylation sites (N-methyl/N-ethyl adjacent to an activating group) is 2. The van der Waals surface area contributed by atoms with Crippen molar-refractivity contribution in [3.63, 3.8) is 0 Å². The normalized spacial score (nSPS) is 35.8. The number of carbonyl (C=O) groups excluding carboxylic acids is 4. The van der Waals surface area contributed by atoms with Crippen molar-refractivity contribution in [2.24, 2.45) is 11.8 Å². The largest absolute Gasteiger partial charge is 0.459 e. The molecular formula is C51H78N4O14. The highest BCUT2D eigenvalue weighted by atomic mass is 16.7. The summed E-state index contributed by atoms with van der Waals surface area (Å²) in [5.74, 6) is -2.53. The van der Waals surface area contributed by atoms with Crippen LogP contribution in [0.3, 0.4) is 0 Å². The molecule has 3 aliphatic rings. The van der Waals surface area contributed by atoms with Crippen molar-refractivity contribution >= 4 is 41.1 Å². The van der Waals surface area contributed by atoms with Crippen molar-refractivity contribution in [3.05, 3.63) is 48.2 Å². The molecule has 6 unspecified atom stereocenters. The molecule has 0 spiro atoms. The highest BCUT2D eigenvalue weighted by Crippen LogP contribution is 2.38. The maximum atomic E-state index is 14.2. The van der Waals surface area contributed by atoms with Gasteiger partial charge < -0.3 is 68.4 Å². The zero-order chi connectivity index (χ0) is 50.6. The molecule has 18 nitrogen and oxygen atoms in total. The van der Waals surface area contributed by atoms with Gasteiger partial charge in [-0.2, -0.15) is 0 Å². The van der Waals surface area contributed by atoms with Crippen LogP contribution in [0.25, 0.3) is 17.0 Å². The SMILES string of the molecule is CCC(=O)O[C@@H]1C(C)O[C@@H](O[C@@H]2C(C)O[C@@H](O[C@H]3[C@@H](CC=O)C[C@@H](C)[C@@H](O)CN(C)CCC(CC=Cc4cnc5ccccc5c4)NC(=O)C[C@@H](OC(=O)CC)[C@@H]3OC)C(O)C2N(C)C)CC1(C)O. The van der Waals surface area contributed by atoms with Crippen LogP contribution in [0.15, 0.2) is 42.6 Å². The molecule has 0 radical (unpaired) electrons. The molecule has 3 saturated heterocycles. The second kappa shape index (κ2) is 26.0. The number of amides is 1. The van der Waals surface area contributed by atoms with Gasteiger partial charge in [0, 0.05) is 57.0 Å². The fourth-order valence-corrected chi connectivity index (χ4v) is 9.87. The number of β-amino-alcohol motifs (C(OH)–C–C–N with tert-alkyl or cyclic N) is 1. The summed E-state index contributed by atoms with van der Waals surface area (Å²) in [4.78, 5) is 60.5. The average Bonchev–Trinajstić information content (AvgIpc) is 3.29. The number of rotatable bonds is 15. The number of nitrogens with zero attached hydrogens (tertiary/aromatic N) is 3. The molecule has 69 heavy (non-hydrogen) atoms. The molecule has 4 heterocycles. The van der Waals surface area contributed by atoms with Crippen LogP contribution < -0.4 is 5.32 Å². The molecule has 4 N–H and O–H groups in total. The lowest BCUT2D eigenvalue weighted by molar-refractivity contribution is -0.344. The number of esters is 2. The van der Waals surface area contributed by atoms with Crippen molar-refractivity contribution in [1.29, 1.82) is 0 Å². The Hall–Kier alpha value is -3.95. The predicted molar refractivity (Wildman–Crippen MR) is 256 cm³/mol. The maximum absolute atomic E-state index is 14.2. The molecule has 16 atom stereocenters. The standard InChI is InChI=1S/C51H78N4O14/c1-11-41(59)66-39-26-40(58)53-36(18-15-16-33-25-34-17-13-14-19-37(34)52-28-33)20-22-55(9)29-38(57)30(3)24-35(21-23-56)47(48(39)63-10)69-50-45(61)44(54(7)8)46(31(4)65-50)68-43-27-51(6,62)49(32(5)64-43)67-42(60)12-2/h13-17,19,23,25,28,30-32,35-36,38-39,43-50,57,61-62H,11-12,18,20-22,24,26-27,29H2,1-10H3,(H,53,58)/t30-,31?,32?,35+,36?,38+,39-,43+,44?,45?,46-,47+,48+,49-,50+,51?/m1/s1. The fourth-order valence-electron chi connectivity index (χ4n) is 9.87. The number of ether oxygens (including phenoxy) is 7. The van der Waals surface area contributed by atoms with Crippen molar-refractivity contribution in [3.8, 4) is 0 Å². The Morgan fingerprint density at radius 1 is 1.00 bits per heavy atom. The predicted octanol–water partition coefficient (Wildman–Crippen LogP) is 3.79. The highest BCUT2D eigenvalue weighted by Gasteiger charge is 2.53. The molecule has 3 fully saturated rings. The molecule has 5 rings (SSSR count). The minimum Gasteiger partial charge on any atom is -0.459 e. The third-order valence-electron chi connectivity index (χ3n) is 13.7. The van der Waals surface area contributed by atoms with Crippen molar-refractivity contribution in [2.75, 3.05) is 41.3 Å². The Morgan fingerprint density at radius 3 is 2.38 bits per heavy atom. The molecule has 0 bridgehead atoms. The van der Waals surface area contributed by atoms with Crippen LogP contribution in [0.4, 0.5) is 0 Å². The Balaban J connectivity index is 1.44. The highest BCUT2D eigenvalue weighted by molar-refractivity contribution is 5.80. The van der Waals surface area contributed by atoms with Gasteiger partial charge in [0.05, 0.1) is 42.4 Å². The average molecular weight is 971 g/mol. The first kappa shape index (κ1) is 56.0. The molecule has 0 aliphatic carbocycles. The minimum atomic E-state index is -1.50. The summed E-state index contributed by atoms with van der Waals surface area (Å²) in [6.07, 6.45) is -3.88. The number of aliphatic hydroxyl groups is 3. The van der Waals surface area contributed by atoms with E-state index in [1.165, 1.54) is 7.11 Å². The lowest BCUT2D eigenvalue weighted by atomic mass is 9.82. The Morgan fingerprint density at radius 2 is 1.71 bits per heavy atom. The van der Waals surface area contributed by atoms with E-state index in [2.05, 4.69) is 10.3 Å². The van der Waals surface area contributed by atoms with E-state index in [4.69, 9.17) is 33.2 Å². The van der Waals surface area contributed by atoms with Gasteiger partial charge in [0.15, 0.2) is 18.7 Å². The molecule has 18 heteroatoms. The van der Waals surface area contributed by atoms with Crippen LogP contribution in [0.5, 0.6) is 0 Å². The number of para-hydroxylation sites is 1. The first-order valence-corrected chi connectivity index (χ1v) is 24.5. The number of aromatic nitrogens is 1. The van der Waals surface area contributed by atoms with Gasteiger partial charge in [0.25, 0.3) is 0 Å². The number of pyridine rings is 1. The van der Waals surface area contributed by atoms with Crippen molar-refractivity contribution < 1.29 is 67.7 Å². The van der Waals surface area contributed by atoms with E-state index in [0.717, 1.165) is 22.8 Å². The fraction of sp³-hybridized carbons (Fsp3) is 0.706. The summed E-state index contributed by atoms with van der Waals surface area (Å²) >= 11 is 0. The topological polar surface area (TPSA) is 225 Å². The summed E-state index contributed by atoms with van der Waals surface area (Å²) in [5, 5.41) is 39.5. The molecule has 1 amide bonds. The number of nitrogens with one attached hydrogen (secondary N) is 1. The summed E-state index contributed by atoms with van der Waals surface area (Å²) in [6, 6.07) is 8.77. The van der Waals surface area contributed by atoms with Gasteiger partial charge >= 0.3 is 11.9 Å². The number of aliphatic hydroxyl groups excluding tert-OH is 2. The summed E-state index contributed by atoms with van der Waals surface area (Å²) in [6.45, 7) is 11.0. The summed E-state index contributed by atoms with van der Waals surface area (Å²) < 4.78 is 43.7. The number of fused-ring (bicyclic) bond motifs is 1. The van der Waals surface area contributed by atoms with Crippen LogP contribution in [-0.4, -0.2) is 181 Å². The number of hydrogen-bond donors (Lipinski definition) is 4.